The van der Waals surface area contributed by atoms with Gasteiger partial charge in [-0.15, -0.1) is 0 Å². The highest BCUT2D eigenvalue weighted by molar-refractivity contribution is 6.30. The number of hydrogen-bond acceptors (Lipinski definition) is 7. The summed E-state index contributed by atoms with van der Waals surface area (Å²) >= 11 is 6.36. The minimum absolute atomic E-state index is 0.389. The third kappa shape index (κ3) is 4.35. The smallest absolute Gasteiger partial charge is 0.410 e. The molecule has 9 nitrogen and oxygen atoms in total. The van der Waals surface area contributed by atoms with Crippen molar-refractivity contribution in [2.75, 3.05) is 6.54 Å². The van der Waals surface area contributed by atoms with Crippen LogP contribution in [0.25, 0.3) is 11.0 Å². The number of rotatable bonds is 2. The number of carbonyl (C=O) groups excluding carboxylic acids is 1. The summed E-state index contributed by atoms with van der Waals surface area (Å²) in [6.45, 7) is 11.8. The summed E-state index contributed by atoms with van der Waals surface area (Å²) < 4.78 is 27.5. The summed E-state index contributed by atoms with van der Waals surface area (Å²) in [5.41, 5.74) is 3.06. The Kier molecular flexibility index (Phi) is 5.99. The largest absolute Gasteiger partial charge is 0.444 e. The second-order valence-corrected chi connectivity index (χ2v) is 12.1. The molecule has 6 rings (SSSR count). The van der Waals surface area contributed by atoms with Gasteiger partial charge in [0.2, 0.25) is 0 Å². The van der Waals surface area contributed by atoms with E-state index in [0.717, 1.165) is 27.9 Å². The van der Waals surface area contributed by atoms with Crippen LogP contribution in [0.2, 0.25) is 5.02 Å². The van der Waals surface area contributed by atoms with Gasteiger partial charge in [0.25, 0.3) is 0 Å². The lowest BCUT2D eigenvalue weighted by Gasteiger charge is -2.41. The summed E-state index contributed by atoms with van der Waals surface area (Å²) in [5.74, 6) is -0.822. The molecule has 202 valence electrons. The van der Waals surface area contributed by atoms with Crippen molar-refractivity contribution in [2.45, 2.75) is 89.9 Å². The highest BCUT2D eigenvalue weighted by Gasteiger charge is 2.60. The van der Waals surface area contributed by atoms with Gasteiger partial charge in [0, 0.05) is 23.2 Å². The fourth-order valence-corrected chi connectivity index (χ4v) is 6.09. The number of aromatic nitrogens is 3. The molecule has 5 heterocycles. The van der Waals surface area contributed by atoms with Gasteiger partial charge in [-0.25, -0.2) is 14.8 Å². The molecular weight excluding hydrogens is 508 g/mol. The lowest BCUT2D eigenvalue weighted by molar-refractivity contribution is -0.203. The molecule has 2 saturated heterocycles. The molecule has 3 aromatic rings. The molecule has 0 saturated carbocycles. The van der Waals surface area contributed by atoms with Crippen molar-refractivity contribution in [3.05, 3.63) is 58.6 Å². The first-order valence-electron chi connectivity index (χ1n) is 13.0. The molecule has 0 aliphatic carbocycles. The molecule has 3 aliphatic heterocycles. The Hall–Kier alpha value is -2.72. The number of aryl methyl sites for hydroxylation is 1. The van der Waals surface area contributed by atoms with Crippen LogP contribution >= 0.6 is 11.6 Å². The quantitative estimate of drug-likeness (QED) is 0.433. The number of amides is 1. The van der Waals surface area contributed by atoms with E-state index in [0.29, 0.717) is 18.0 Å². The Morgan fingerprint density at radius 1 is 1.13 bits per heavy atom. The maximum atomic E-state index is 13.5. The Bertz CT molecular complexity index is 1400. The van der Waals surface area contributed by atoms with Crippen molar-refractivity contribution < 1.29 is 23.7 Å². The van der Waals surface area contributed by atoms with E-state index < -0.39 is 42.0 Å². The molecule has 1 unspecified atom stereocenters. The van der Waals surface area contributed by atoms with Gasteiger partial charge in [0.15, 0.2) is 12.0 Å². The monoisotopic (exact) mass is 540 g/mol. The third-order valence-electron chi connectivity index (χ3n) is 7.37. The number of nitrogens with zero attached hydrogens (tertiary/aromatic N) is 4. The molecule has 0 spiro atoms. The predicted octanol–water partition coefficient (Wildman–Crippen LogP) is 5.35. The van der Waals surface area contributed by atoms with Crippen molar-refractivity contribution in [3.63, 3.8) is 0 Å². The maximum absolute atomic E-state index is 13.5. The van der Waals surface area contributed by atoms with E-state index in [1.807, 2.05) is 76.6 Å². The lowest BCUT2D eigenvalue weighted by Crippen LogP contribution is -2.50. The first-order valence-corrected chi connectivity index (χ1v) is 13.4. The van der Waals surface area contributed by atoms with E-state index in [2.05, 4.69) is 9.97 Å². The number of ether oxygens (including phenoxy) is 4. The van der Waals surface area contributed by atoms with Crippen molar-refractivity contribution in [3.8, 4) is 0 Å². The van der Waals surface area contributed by atoms with Crippen LogP contribution in [0.1, 0.15) is 63.7 Å². The summed E-state index contributed by atoms with van der Waals surface area (Å²) in [6, 6.07) is 7.33. The van der Waals surface area contributed by atoms with Crippen LogP contribution in [0.3, 0.4) is 0 Å². The summed E-state index contributed by atoms with van der Waals surface area (Å²) in [5, 5.41) is 1.61. The van der Waals surface area contributed by atoms with E-state index in [-0.39, 0.29) is 6.09 Å². The third-order valence-corrected chi connectivity index (χ3v) is 7.60. The lowest BCUT2D eigenvalue weighted by atomic mass is 9.87. The van der Waals surface area contributed by atoms with Crippen LogP contribution in [0.4, 0.5) is 4.79 Å². The van der Waals surface area contributed by atoms with Gasteiger partial charge in [0.1, 0.15) is 35.9 Å². The van der Waals surface area contributed by atoms with Crippen LogP contribution in [-0.4, -0.2) is 61.8 Å². The summed E-state index contributed by atoms with van der Waals surface area (Å²) in [6.07, 6.45) is 1.88. The fraction of sp³-hybridized carbons (Fsp3) is 0.536. The second kappa shape index (κ2) is 8.91. The van der Waals surface area contributed by atoms with Gasteiger partial charge in [-0.1, -0.05) is 17.7 Å². The van der Waals surface area contributed by atoms with E-state index >= 15 is 0 Å². The van der Waals surface area contributed by atoms with Crippen LogP contribution in [-0.2, 0) is 25.4 Å². The fourth-order valence-electron chi connectivity index (χ4n) is 5.90. The van der Waals surface area contributed by atoms with Crippen molar-refractivity contribution in [1.29, 1.82) is 0 Å². The number of fused-ring (bicyclic) bond motifs is 3. The van der Waals surface area contributed by atoms with Gasteiger partial charge in [-0.3, -0.25) is 4.90 Å². The topological polar surface area (TPSA) is 87.9 Å². The standard InChI is InChI=1S/C28H33ClN4O5/c1-15-18-10-12-33(24(18)31-14-30-15)25-23-22(36-28(5,6)37-23)21(35-25)20-19-8-7-17(29)13-16(19)9-11-32(20)26(34)38-27(2,3)4/h7-8,10,12-14,20-23,25H,9,11H2,1-6H3/t20-,21-,22-,23-,25?/m1/s1. The molecule has 38 heavy (non-hydrogen) atoms. The van der Waals surface area contributed by atoms with E-state index in [4.69, 9.17) is 30.5 Å². The minimum atomic E-state index is -0.822. The van der Waals surface area contributed by atoms with Crippen LogP contribution < -0.4 is 0 Å². The molecule has 2 aromatic heterocycles. The molecule has 1 amide bonds. The van der Waals surface area contributed by atoms with Crippen molar-refractivity contribution in [1.82, 2.24) is 19.4 Å². The average Bonchev–Trinajstić information content (AvgIpc) is 3.48. The van der Waals surface area contributed by atoms with Crippen molar-refractivity contribution in [2.24, 2.45) is 0 Å². The molecule has 5 atom stereocenters. The summed E-state index contributed by atoms with van der Waals surface area (Å²) in [7, 11) is 0. The zero-order valence-corrected chi connectivity index (χ0v) is 23.2. The number of hydrogen-bond donors (Lipinski definition) is 0. The maximum Gasteiger partial charge on any atom is 0.410 e. The van der Waals surface area contributed by atoms with Crippen LogP contribution in [0.5, 0.6) is 0 Å². The zero-order chi connectivity index (χ0) is 27.0. The Morgan fingerprint density at radius 3 is 2.66 bits per heavy atom. The Labute approximate surface area is 227 Å². The van der Waals surface area contributed by atoms with Crippen LogP contribution in [0, 0.1) is 6.92 Å². The van der Waals surface area contributed by atoms with Gasteiger partial charge >= 0.3 is 6.09 Å². The zero-order valence-electron chi connectivity index (χ0n) is 22.5. The SMILES string of the molecule is Cc1ncnc2c1ccn2C1O[C@H]([C@H]2c3ccc(Cl)cc3CCN2C(=O)OC(C)(C)C)[C@H]2OC(C)(C)O[C@@H]12. The van der Waals surface area contributed by atoms with Gasteiger partial charge in [-0.05, 0) is 77.3 Å². The van der Waals surface area contributed by atoms with Crippen LogP contribution in [0.15, 0.2) is 36.8 Å². The van der Waals surface area contributed by atoms with Gasteiger partial charge in [0.05, 0.1) is 11.7 Å². The number of halogens is 1. The molecule has 0 bridgehead atoms. The molecule has 1 aromatic carbocycles. The molecule has 2 fully saturated rings. The molecule has 10 heteroatoms. The molecule has 3 aliphatic rings. The molecule has 0 N–H and O–H groups in total. The first kappa shape index (κ1) is 25.6. The summed E-state index contributed by atoms with van der Waals surface area (Å²) in [4.78, 5) is 24.2. The van der Waals surface area contributed by atoms with Crippen molar-refractivity contribution >= 4 is 28.7 Å². The Balaban J connectivity index is 1.45. The minimum Gasteiger partial charge on any atom is -0.444 e. The Morgan fingerprint density at radius 2 is 1.89 bits per heavy atom. The first-order chi connectivity index (χ1) is 17.9. The highest BCUT2D eigenvalue weighted by Crippen LogP contribution is 2.50. The average molecular weight is 541 g/mol. The number of benzene rings is 1. The highest BCUT2D eigenvalue weighted by atomic mass is 35.5. The predicted molar refractivity (Wildman–Crippen MR) is 141 cm³/mol. The normalized spacial score (nSPS) is 28.4. The van der Waals surface area contributed by atoms with E-state index in [1.54, 1.807) is 11.2 Å². The van der Waals surface area contributed by atoms with Gasteiger partial charge in [-0.2, -0.15) is 0 Å². The van der Waals surface area contributed by atoms with E-state index in [9.17, 15) is 4.79 Å². The molecular formula is C28H33ClN4O5. The number of carbonyl (C=O) groups is 1. The molecule has 0 radical (unpaired) electrons. The second-order valence-electron chi connectivity index (χ2n) is 11.7. The van der Waals surface area contributed by atoms with Gasteiger partial charge < -0.3 is 23.5 Å². The van der Waals surface area contributed by atoms with E-state index in [1.165, 1.54) is 0 Å².